The second-order valence-corrected chi connectivity index (χ2v) is 4.56. The van der Waals surface area contributed by atoms with E-state index in [2.05, 4.69) is 0 Å². The minimum atomic E-state index is -0.452. The first-order valence-electron chi connectivity index (χ1n) is 6.75. The first-order chi connectivity index (χ1) is 10.1. The van der Waals surface area contributed by atoms with Gasteiger partial charge in [0.1, 0.15) is 0 Å². The molecule has 0 aliphatic rings. The highest BCUT2D eigenvalue weighted by atomic mass is 16.5. The van der Waals surface area contributed by atoms with Gasteiger partial charge in [-0.2, -0.15) is 0 Å². The summed E-state index contributed by atoms with van der Waals surface area (Å²) in [6, 6.07) is 9.36. The summed E-state index contributed by atoms with van der Waals surface area (Å²) in [5, 5.41) is 0. The van der Waals surface area contributed by atoms with Crippen molar-refractivity contribution in [3.63, 3.8) is 0 Å². The molecule has 0 fully saturated rings. The molecule has 0 bridgehead atoms. The van der Waals surface area contributed by atoms with Gasteiger partial charge in [-0.05, 0) is 32.1 Å². The fraction of sp³-hybridized carbons (Fsp3) is 0.250. The summed E-state index contributed by atoms with van der Waals surface area (Å²) in [6.45, 7) is 3.89. The van der Waals surface area contributed by atoms with Crippen molar-refractivity contribution in [3.05, 3.63) is 58.0 Å². The summed E-state index contributed by atoms with van der Waals surface area (Å²) < 4.78 is 8.16. The predicted molar refractivity (Wildman–Crippen MR) is 81.4 cm³/mol. The van der Waals surface area contributed by atoms with E-state index >= 15 is 0 Å². The average molecular weight is 286 g/mol. The van der Waals surface area contributed by atoms with Crippen molar-refractivity contribution in [2.75, 3.05) is 6.61 Å². The number of carbonyl (C=O) groups excluding carboxylic acids is 1. The van der Waals surface area contributed by atoms with E-state index in [-0.39, 0.29) is 5.56 Å². The molecule has 0 radical (unpaired) electrons. The Morgan fingerprint density at radius 2 is 1.95 bits per heavy atom. The van der Waals surface area contributed by atoms with Gasteiger partial charge in [0.15, 0.2) is 0 Å². The molecule has 1 aromatic heterocycles. The smallest absolute Gasteiger partial charge is 0.330 e. The number of nitrogens with zero attached hydrogens (tertiary/aromatic N) is 2. The van der Waals surface area contributed by atoms with Crippen LogP contribution in [0.25, 0.3) is 11.8 Å². The summed E-state index contributed by atoms with van der Waals surface area (Å²) in [4.78, 5) is 23.9. The molecule has 0 saturated carbocycles. The normalized spacial score (nSPS) is 11.0. The SMILES string of the molecule is CCOC(=O)/C=C/c1c(C)n(C)n(-c2ccccc2)c1=O. The highest BCUT2D eigenvalue weighted by molar-refractivity contribution is 5.87. The highest BCUT2D eigenvalue weighted by Gasteiger charge is 2.13. The molecule has 110 valence electrons. The number of benzene rings is 1. The maximum Gasteiger partial charge on any atom is 0.330 e. The molecule has 0 N–H and O–H groups in total. The molecule has 0 unspecified atom stereocenters. The lowest BCUT2D eigenvalue weighted by molar-refractivity contribution is -0.137. The standard InChI is InChI=1S/C16H18N2O3/c1-4-21-15(19)11-10-14-12(2)17(3)18(16(14)20)13-8-6-5-7-9-13/h5-11H,4H2,1-3H3/b11-10+. The van der Waals surface area contributed by atoms with Crippen LogP contribution in [0.15, 0.2) is 41.2 Å². The minimum Gasteiger partial charge on any atom is -0.463 e. The number of aromatic nitrogens is 2. The van der Waals surface area contributed by atoms with Crippen molar-refractivity contribution in [1.29, 1.82) is 0 Å². The van der Waals surface area contributed by atoms with E-state index in [9.17, 15) is 9.59 Å². The Labute approximate surface area is 123 Å². The Balaban J connectivity index is 2.47. The number of carbonyl (C=O) groups is 1. The first kappa shape index (κ1) is 14.8. The van der Waals surface area contributed by atoms with E-state index < -0.39 is 5.97 Å². The fourth-order valence-corrected chi connectivity index (χ4v) is 2.12. The van der Waals surface area contributed by atoms with Crippen molar-refractivity contribution in [2.45, 2.75) is 13.8 Å². The van der Waals surface area contributed by atoms with Crippen LogP contribution in [-0.4, -0.2) is 21.9 Å². The van der Waals surface area contributed by atoms with E-state index in [0.29, 0.717) is 12.2 Å². The minimum absolute atomic E-state index is 0.165. The molecular formula is C16H18N2O3. The molecule has 1 aromatic carbocycles. The molecule has 0 amide bonds. The summed E-state index contributed by atoms with van der Waals surface area (Å²) in [7, 11) is 1.81. The van der Waals surface area contributed by atoms with Gasteiger partial charge in [-0.25, -0.2) is 9.48 Å². The summed E-state index contributed by atoms with van der Waals surface area (Å²) in [5.74, 6) is -0.452. The van der Waals surface area contributed by atoms with Crippen LogP contribution in [0.2, 0.25) is 0 Å². The number of ether oxygens (including phenoxy) is 1. The van der Waals surface area contributed by atoms with Crippen LogP contribution < -0.4 is 5.56 Å². The summed E-state index contributed by atoms with van der Waals surface area (Å²) >= 11 is 0. The number of para-hydroxylation sites is 1. The Bertz CT molecular complexity index is 724. The van der Waals surface area contributed by atoms with Crippen LogP contribution in [-0.2, 0) is 16.6 Å². The molecular weight excluding hydrogens is 268 g/mol. The summed E-state index contributed by atoms with van der Waals surface area (Å²) in [6.07, 6.45) is 2.79. The zero-order chi connectivity index (χ0) is 15.4. The van der Waals surface area contributed by atoms with Crippen molar-refractivity contribution < 1.29 is 9.53 Å². The quantitative estimate of drug-likeness (QED) is 0.638. The van der Waals surface area contributed by atoms with Crippen LogP contribution in [0.1, 0.15) is 18.2 Å². The molecule has 0 spiro atoms. The zero-order valence-corrected chi connectivity index (χ0v) is 12.4. The zero-order valence-electron chi connectivity index (χ0n) is 12.4. The van der Waals surface area contributed by atoms with Gasteiger partial charge in [0.2, 0.25) is 0 Å². The highest BCUT2D eigenvalue weighted by Crippen LogP contribution is 2.11. The molecule has 21 heavy (non-hydrogen) atoms. The molecule has 0 aliphatic heterocycles. The maximum atomic E-state index is 12.5. The molecule has 1 heterocycles. The van der Waals surface area contributed by atoms with Gasteiger partial charge < -0.3 is 4.74 Å². The Kier molecular flexibility index (Phi) is 4.42. The monoisotopic (exact) mass is 286 g/mol. The lowest BCUT2D eigenvalue weighted by atomic mass is 10.2. The second-order valence-electron chi connectivity index (χ2n) is 4.56. The average Bonchev–Trinajstić information content (AvgIpc) is 2.69. The van der Waals surface area contributed by atoms with E-state index in [1.54, 1.807) is 16.3 Å². The van der Waals surface area contributed by atoms with E-state index in [0.717, 1.165) is 11.4 Å². The van der Waals surface area contributed by atoms with Gasteiger partial charge in [-0.15, -0.1) is 0 Å². The number of esters is 1. The number of rotatable bonds is 4. The van der Waals surface area contributed by atoms with Gasteiger partial charge >= 0.3 is 5.97 Å². The van der Waals surface area contributed by atoms with E-state index in [1.807, 2.05) is 44.3 Å². The predicted octanol–water partition coefficient (Wildman–Crippen LogP) is 2.06. The third-order valence-corrected chi connectivity index (χ3v) is 3.27. The van der Waals surface area contributed by atoms with Crippen molar-refractivity contribution in [3.8, 4) is 5.69 Å². The van der Waals surface area contributed by atoms with Crippen LogP contribution in [0, 0.1) is 6.92 Å². The van der Waals surface area contributed by atoms with Gasteiger partial charge in [0.05, 0.1) is 17.9 Å². The molecule has 0 atom stereocenters. The summed E-state index contributed by atoms with van der Waals surface area (Å²) in [5.41, 5.74) is 1.88. The van der Waals surface area contributed by atoms with Crippen LogP contribution in [0.5, 0.6) is 0 Å². The number of hydrogen-bond acceptors (Lipinski definition) is 3. The van der Waals surface area contributed by atoms with Gasteiger partial charge in [-0.3, -0.25) is 9.48 Å². The van der Waals surface area contributed by atoms with Gasteiger partial charge in [0.25, 0.3) is 5.56 Å². The first-order valence-corrected chi connectivity index (χ1v) is 6.75. The van der Waals surface area contributed by atoms with Crippen molar-refractivity contribution in [1.82, 2.24) is 9.36 Å². The largest absolute Gasteiger partial charge is 0.463 e. The van der Waals surface area contributed by atoms with Crippen LogP contribution >= 0.6 is 0 Å². The van der Waals surface area contributed by atoms with E-state index in [4.69, 9.17) is 4.74 Å². The lowest BCUT2D eigenvalue weighted by Crippen LogP contribution is -2.20. The van der Waals surface area contributed by atoms with Crippen LogP contribution in [0.4, 0.5) is 0 Å². The van der Waals surface area contributed by atoms with Crippen LogP contribution in [0.3, 0.4) is 0 Å². The Morgan fingerprint density at radius 3 is 2.57 bits per heavy atom. The third kappa shape index (κ3) is 2.97. The lowest BCUT2D eigenvalue weighted by Gasteiger charge is -2.07. The van der Waals surface area contributed by atoms with Crippen molar-refractivity contribution in [2.24, 2.45) is 7.05 Å². The third-order valence-electron chi connectivity index (χ3n) is 3.27. The molecule has 0 saturated heterocycles. The molecule has 2 aromatic rings. The molecule has 5 heteroatoms. The molecule has 0 aliphatic carbocycles. The second kappa shape index (κ2) is 6.26. The van der Waals surface area contributed by atoms with E-state index in [1.165, 1.54) is 12.2 Å². The molecule has 5 nitrogen and oxygen atoms in total. The van der Waals surface area contributed by atoms with Gasteiger partial charge in [0, 0.05) is 18.8 Å². The fourth-order valence-electron chi connectivity index (χ4n) is 2.12. The molecule has 2 rings (SSSR count). The Morgan fingerprint density at radius 1 is 1.29 bits per heavy atom. The Hall–Kier alpha value is -2.56. The van der Waals surface area contributed by atoms with Crippen molar-refractivity contribution >= 4 is 12.0 Å². The maximum absolute atomic E-state index is 12.5. The number of hydrogen-bond donors (Lipinski definition) is 0. The van der Waals surface area contributed by atoms with Gasteiger partial charge in [-0.1, -0.05) is 18.2 Å². The topological polar surface area (TPSA) is 53.2 Å².